The van der Waals surface area contributed by atoms with Crippen molar-refractivity contribution in [2.75, 3.05) is 5.32 Å². The van der Waals surface area contributed by atoms with Crippen LogP contribution in [0.5, 0.6) is 0 Å². The summed E-state index contributed by atoms with van der Waals surface area (Å²) in [5, 5.41) is 7.23. The van der Waals surface area contributed by atoms with Gasteiger partial charge in [0.15, 0.2) is 0 Å². The van der Waals surface area contributed by atoms with E-state index in [1.165, 1.54) is 24.3 Å². The molecule has 2 aromatic carbocycles. The van der Waals surface area contributed by atoms with Crippen molar-refractivity contribution < 1.29 is 18.8 Å². The SMILES string of the molecule is Cc1c(F)cc(C(N)=O)cc1NC(=O)c1ccc(CNC(=O)c2cccs2)cc1. The third kappa shape index (κ3) is 4.85. The van der Waals surface area contributed by atoms with Crippen LogP contribution in [0.1, 0.15) is 41.5 Å². The van der Waals surface area contributed by atoms with Crippen LogP contribution in [0, 0.1) is 12.7 Å². The van der Waals surface area contributed by atoms with E-state index in [2.05, 4.69) is 10.6 Å². The van der Waals surface area contributed by atoms with Crippen LogP contribution in [0.15, 0.2) is 53.9 Å². The third-order valence-corrected chi connectivity index (χ3v) is 5.16. The number of amides is 3. The molecule has 6 nitrogen and oxygen atoms in total. The van der Waals surface area contributed by atoms with Crippen LogP contribution in [0.3, 0.4) is 0 Å². The van der Waals surface area contributed by atoms with Gasteiger partial charge >= 0.3 is 0 Å². The van der Waals surface area contributed by atoms with Gasteiger partial charge in [0.1, 0.15) is 5.82 Å². The maximum Gasteiger partial charge on any atom is 0.261 e. The number of hydrogen-bond acceptors (Lipinski definition) is 4. The lowest BCUT2D eigenvalue weighted by molar-refractivity contribution is 0.0952. The summed E-state index contributed by atoms with van der Waals surface area (Å²) in [7, 11) is 0. The van der Waals surface area contributed by atoms with Gasteiger partial charge in [-0.1, -0.05) is 18.2 Å². The summed E-state index contributed by atoms with van der Waals surface area (Å²) in [5.41, 5.74) is 6.72. The molecule has 0 bridgehead atoms. The zero-order valence-electron chi connectivity index (χ0n) is 15.5. The number of anilines is 1. The summed E-state index contributed by atoms with van der Waals surface area (Å²) in [6.07, 6.45) is 0. The van der Waals surface area contributed by atoms with E-state index in [1.807, 2.05) is 5.38 Å². The van der Waals surface area contributed by atoms with E-state index >= 15 is 0 Å². The van der Waals surface area contributed by atoms with Gasteiger partial charge in [-0.2, -0.15) is 0 Å². The first-order valence-electron chi connectivity index (χ1n) is 8.67. The second-order valence-corrected chi connectivity index (χ2v) is 7.25. The Bertz CT molecular complexity index is 1060. The largest absolute Gasteiger partial charge is 0.366 e. The van der Waals surface area contributed by atoms with Crippen molar-refractivity contribution in [3.8, 4) is 0 Å². The van der Waals surface area contributed by atoms with Crippen molar-refractivity contribution in [1.29, 1.82) is 0 Å². The highest BCUT2D eigenvalue weighted by atomic mass is 32.1. The van der Waals surface area contributed by atoms with Crippen molar-refractivity contribution in [2.45, 2.75) is 13.5 Å². The Balaban J connectivity index is 1.66. The molecule has 3 aromatic rings. The first-order chi connectivity index (χ1) is 13.8. The van der Waals surface area contributed by atoms with Crippen LogP contribution in [0.25, 0.3) is 0 Å². The van der Waals surface area contributed by atoms with Gasteiger partial charge < -0.3 is 16.4 Å². The van der Waals surface area contributed by atoms with E-state index in [0.29, 0.717) is 17.0 Å². The van der Waals surface area contributed by atoms with Crippen LogP contribution in [-0.4, -0.2) is 17.7 Å². The minimum atomic E-state index is -0.784. The van der Waals surface area contributed by atoms with Gasteiger partial charge in [-0.3, -0.25) is 14.4 Å². The van der Waals surface area contributed by atoms with Gasteiger partial charge in [0.2, 0.25) is 5.91 Å². The van der Waals surface area contributed by atoms with Crippen LogP contribution in [0.4, 0.5) is 10.1 Å². The van der Waals surface area contributed by atoms with Gasteiger partial charge in [0, 0.05) is 28.9 Å². The Morgan fingerprint density at radius 1 is 1.03 bits per heavy atom. The van der Waals surface area contributed by atoms with Crippen molar-refractivity contribution >= 4 is 34.7 Å². The van der Waals surface area contributed by atoms with Crippen molar-refractivity contribution in [1.82, 2.24) is 5.32 Å². The second kappa shape index (κ2) is 8.66. The van der Waals surface area contributed by atoms with Gasteiger partial charge in [-0.15, -0.1) is 11.3 Å². The number of nitrogens with two attached hydrogens (primary N) is 1. The smallest absolute Gasteiger partial charge is 0.261 e. The Kier molecular flexibility index (Phi) is 6.04. The fourth-order valence-corrected chi connectivity index (χ4v) is 3.24. The fourth-order valence-electron chi connectivity index (χ4n) is 2.60. The predicted octanol–water partition coefficient (Wildman–Crippen LogP) is 3.48. The highest BCUT2D eigenvalue weighted by Gasteiger charge is 2.14. The molecular formula is C21H18FN3O3S. The maximum atomic E-state index is 14.0. The van der Waals surface area contributed by atoms with Gasteiger partial charge in [-0.25, -0.2) is 4.39 Å². The summed E-state index contributed by atoms with van der Waals surface area (Å²) in [4.78, 5) is 36.4. The Morgan fingerprint density at radius 2 is 1.76 bits per heavy atom. The van der Waals surface area contributed by atoms with Crippen molar-refractivity contribution in [3.05, 3.63) is 86.9 Å². The molecule has 1 heterocycles. The molecule has 0 aliphatic carbocycles. The van der Waals surface area contributed by atoms with Crippen LogP contribution in [0.2, 0.25) is 0 Å². The molecule has 0 aliphatic rings. The summed E-state index contributed by atoms with van der Waals surface area (Å²) in [6, 6.07) is 12.6. The molecule has 0 unspecified atom stereocenters. The van der Waals surface area contributed by atoms with E-state index in [-0.39, 0.29) is 22.7 Å². The number of halogens is 1. The summed E-state index contributed by atoms with van der Waals surface area (Å²) >= 11 is 1.36. The zero-order valence-corrected chi connectivity index (χ0v) is 16.3. The highest BCUT2D eigenvalue weighted by Crippen LogP contribution is 2.21. The average Bonchev–Trinajstić information content (AvgIpc) is 3.24. The molecule has 0 saturated heterocycles. The molecule has 1 aromatic heterocycles. The number of thiophene rings is 1. The predicted molar refractivity (Wildman–Crippen MR) is 110 cm³/mol. The summed E-state index contributed by atoms with van der Waals surface area (Å²) < 4.78 is 14.0. The average molecular weight is 411 g/mol. The first kappa shape index (κ1) is 20.2. The van der Waals surface area contributed by atoms with E-state index in [0.717, 1.165) is 11.6 Å². The second-order valence-electron chi connectivity index (χ2n) is 6.31. The number of nitrogens with one attached hydrogen (secondary N) is 2. The summed E-state index contributed by atoms with van der Waals surface area (Å²) in [5.74, 6) is -2.03. The number of benzene rings is 2. The standard InChI is InChI=1S/C21H18FN3O3S/c1-12-16(22)9-15(19(23)26)10-17(12)25-20(27)14-6-4-13(5-7-14)11-24-21(28)18-3-2-8-29-18/h2-10H,11H2,1H3,(H2,23,26)(H,24,28)(H,25,27). The zero-order chi connectivity index (χ0) is 21.0. The third-order valence-electron chi connectivity index (χ3n) is 4.29. The number of primary amides is 1. The lowest BCUT2D eigenvalue weighted by Crippen LogP contribution is -2.21. The molecule has 3 rings (SSSR count). The molecule has 29 heavy (non-hydrogen) atoms. The van der Waals surface area contributed by atoms with Gasteiger partial charge in [0.25, 0.3) is 11.8 Å². The van der Waals surface area contributed by atoms with Crippen molar-refractivity contribution in [3.63, 3.8) is 0 Å². The Morgan fingerprint density at radius 3 is 2.38 bits per heavy atom. The Hall–Kier alpha value is -3.52. The van der Waals surface area contributed by atoms with Crippen LogP contribution < -0.4 is 16.4 Å². The number of hydrogen-bond donors (Lipinski definition) is 3. The van der Waals surface area contributed by atoms with E-state index in [9.17, 15) is 18.8 Å². The Labute approximate surface area is 170 Å². The molecule has 0 aliphatic heterocycles. The normalized spacial score (nSPS) is 10.4. The van der Waals surface area contributed by atoms with Gasteiger partial charge in [0.05, 0.1) is 4.88 Å². The molecule has 0 atom stereocenters. The van der Waals surface area contributed by atoms with Gasteiger partial charge in [-0.05, 0) is 48.2 Å². The van der Waals surface area contributed by atoms with Crippen LogP contribution in [-0.2, 0) is 6.54 Å². The monoisotopic (exact) mass is 411 g/mol. The molecule has 0 radical (unpaired) electrons. The van der Waals surface area contributed by atoms with Crippen LogP contribution >= 0.6 is 11.3 Å². The minimum Gasteiger partial charge on any atom is -0.366 e. The lowest BCUT2D eigenvalue weighted by Gasteiger charge is -2.11. The maximum absolute atomic E-state index is 14.0. The molecule has 148 valence electrons. The highest BCUT2D eigenvalue weighted by molar-refractivity contribution is 7.12. The molecule has 0 saturated carbocycles. The molecule has 4 N–H and O–H groups in total. The summed E-state index contributed by atoms with van der Waals surface area (Å²) in [6.45, 7) is 1.82. The molecule has 0 spiro atoms. The van der Waals surface area contributed by atoms with Crippen molar-refractivity contribution in [2.24, 2.45) is 5.73 Å². The topological polar surface area (TPSA) is 101 Å². The number of carbonyl (C=O) groups is 3. The molecule has 3 amide bonds. The quantitative estimate of drug-likeness (QED) is 0.579. The minimum absolute atomic E-state index is 0.0276. The van der Waals surface area contributed by atoms with E-state index in [4.69, 9.17) is 5.73 Å². The number of rotatable bonds is 6. The first-order valence-corrected chi connectivity index (χ1v) is 9.55. The number of carbonyl (C=O) groups excluding carboxylic acids is 3. The van der Waals surface area contributed by atoms with E-state index < -0.39 is 17.6 Å². The molecular weight excluding hydrogens is 393 g/mol. The molecule has 0 fully saturated rings. The lowest BCUT2D eigenvalue weighted by atomic mass is 10.1. The van der Waals surface area contributed by atoms with E-state index in [1.54, 1.807) is 36.4 Å². The fraction of sp³-hybridized carbons (Fsp3) is 0.0952. The molecule has 8 heteroatoms.